The van der Waals surface area contributed by atoms with Crippen LogP contribution in [0, 0.1) is 3.70 Å². The van der Waals surface area contributed by atoms with Gasteiger partial charge in [-0.3, -0.25) is 9.69 Å². The van der Waals surface area contributed by atoms with Gasteiger partial charge in [0, 0.05) is 13.0 Å². The number of aromatic nitrogens is 2. The zero-order valence-electron chi connectivity index (χ0n) is 8.38. The van der Waals surface area contributed by atoms with E-state index in [2.05, 4.69) is 9.97 Å². The molecular formula is C8H7FIN3O3S. The Morgan fingerprint density at radius 3 is 2.59 bits per heavy atom. The minimum absolute atomic E-state index is 0.215. The summed E-state index contributed by atoms with van der Waals surface area (Å²) in [6.45, 7) is -0.215. The summed E-state index contributed by atoms with van der Waals surface area (Å²) in [7, 11) is -4.70. The Labute approximate surface area is 111 Å². The first-order chi connectivity index (χ1) is 7.88. The maximum absolute atomic E-state index is 12.8. The topological polar surface area (TPSA) is 80.2 Å². The van der Waals surface area contributed by atoms with Crippen LogP contribution in [0.15, 0.2) is 12.4 Å². The summed E-state index contributed by atoms with van der Waals surface area (Å²) in [5.41, 5.74) is 0. The third-order valence-corrected chi connectivity index (χ3v) is 4.04. The molecule has 2 heterocycles. The van der Waals surface area contributed by atoms with Crippen LogP contribution in [0.2, 0.25) is 0 Å². The van der Waals surface area contributed by atoms with E-state index < -0.39 is 21.4 Å². The Hall–Kier alpha value is -0.840. The molecule has 1 amide bonds. The molecule has 1 fully saturated rings. The number of nitrogens with zero attached hydrogens (tertiary/aromatic N) is 3. The van der Waals surface area contributed by atoms with Crippen LogP contribution in [0.5, 0.6) is 0 Å². The summed E-state index contributed by atoms with van der Waals surface area (Å²) in [5.74, 6) is -0.228. The summed E-state index contributed by atoms with van der Waals surface area (Å²) in [6, 6.07) is 0. The normalized spacial score (nSPS) is 20.9. The molecule has 1 unspecified atom stereocenters. The summed E-state index contributed by atoms with van der Waals surface area (Å²) in [6.07, 6.45) is 2.44. The van der Waals surface area contributed by atoms with Crippen LogP contribution in [0.3, 0.4) is 0 Å². The highest BCUT2D eigenvalue weighted by Gasteiger charge is 2.39. The highest BCUT2D eigenvalue weighted by atomic mass is 127. The number of hydrogen-bond donors (Lipinski definition) is 0. The molecule has 6 nitrogen and oxygen atoms in total. The lowest BCUT2D eigenvalue weighted by Crippen LogP contribution is -2.27. The molecule has 0 N–H and O–H groups in total. The number of amides is 1. The van der Waals surface area contributed by atoms with E-state index in [9.17, 15) is 17.1 Å². The molecule has 92 valence electrons. The molecule has 1 aromatic rings. The fourth-order valence-corrected chi connectivity index (χ4v) is 2.48. The molecule has 1 aliphatic heterocycles. The highest BCUT2D eigenvalue weighted by molar-refractivity contribution is 14.1. The Balaban J connectivity index is 2.24. The monoisotopic (exact) mass is 371 g/mol. The maximum Gasteiger partial charge on any atom is 0.307 e. The van der Waals surface area contributed by atoms with Gasteiger partial charge in [0.15, 0.2) is 5.82 Å². The van der Waals surface area contributed by atoms with Crippen molar-refractivity contribution in [1.29, 1.82) is 0 Å². The van der Waals surface area contributed by atoms with E-state index in [-0.39, 0.29) is 18.8 Å². The number of rotatable bonds is 2. The van der Waals surface area contributed by atoms with E-state index in [4.69, 9.17) is 0 Å². The summed E-state index contributed by atoms with van der Waals surface area (Å²) in [4.78, 5) is 20.5. The van der Waals surface area contributed by atoms with Crippen molar-refractivity contribution in [2.75, 3.05) is 11.4 Å². The molecule has 0 aliphatic carbocycles. The lowest BCUT2D eigenvalue weighted by Gasteiger charge is -2.13. The smallest absolute Gasteiger partial charge is 0.294 e. The first-order valence-corrected chi connectivity index (χ1v) is 7.12. The lowest BCUT2D eigenvalue weighted by molar-refractivity contribution is -0.117. The maximum atomic E-state index is 12.8. The summed E-state index contributed by atoms with van der Waals surface area (Å²) < 4.78 is 34.9. The van der Waals surface area contributed by atoms with Gasteiger partial charge in [0.05, 0.1) is 12.4 Å². The predicted molar refractivity (Wildman–Crippen MR) is 65.5 cm³/mol. The first kappa shape index (κ1) is 12.6. The molecule has 9 heteroatoms. The third-order valence-electron chi connectivity index (χ3n) is 2.37. The number of hydrogen-bond acceptors (Lipinski definition) is 5. The van der Waals surface area contributed by atoms with Crippen molar-refractivity contribution < 1.29 is 17.1 Å². The van der Waals surface area contributed by atoms with Crippen LogP contribution in [-0.4, -0.2) is 36.1 Å². The molecule has 0 saturated carbocycles. The van der Waals surface area contributed by atoms with Crippen LogP contribution >= 0.6 is 22.6 Å². The number of halogens is 2. The fraction of sp³-hybridized carbons (Fsp3) is 0.375. The molecule has 0 bridgehead atoms. The Morgan fingerprint density at radius 1 is 1.41 bits per heavy atom. The molecule has 0 radical (unpaired) electrons. The Bertz CT molecular complexity index is 548. The molecule has 0 aromatic carbocycles. The molecule has 17 heavy (non-hydrogen) atoms. The van der Waals surface area contributed by atoms with E-state index in [0.717, 1.165) is 4.90 Å². The molecule has 1 atom stereocenters. The van der Waals surface area contributed by atoms with Crippen LogP contribution in [0.4, 0.5) is 9.70 Å². The third kappa shape index (κ3) is 2.70. The van der Waals surface area contributed by atoms with E-state index in [0.29, 0.717) is 3.70 Å². The average Bonchev–Trinajstić information content (AvgIpc) is 2.61. The van der Waals surface area contributed by atoms with Crippen molar-refractivity contribution in [3.05, 3.63) is 16.1 Å². The van der Waals surface area contributed by atoms with E-state index >= 15 is 0 Å². The zero-order valence-corrected chi connectivity index (χ0v) is 11.4. The van der Waals surface area contributed by atoms with Gasteiger partial charge < -0.3 is 0 Å². The number of carbonyl (C=O) groups is 1. The highest BCUT2D eigenvalue weighted by Crippen LogP contribution is 2.23. The van der Waals surface area contributed by atoms with Gasteiger partial charge in [0.2, 0.25) is 5.91 Å². The lowest BCUT2D eigenvalue weighted by atomic mass is 10.4. The second kappa shape index (κ2) is 4.44. The van der Waals surface area contributed by atoms with Crippen LogP contribution in [0.25, 0.3) is 0 Å². The SMILES string of the molecule is O=C1CC(S(=O)(=O)F)CN1c1cnc(I)cn1. The van der Waals surface area contributed by atoms with Gasteiger partial charge in [0.25, 0.3) is 0 Å². The van der Waals surface area contributed by atoms with Crippen LogP contribution in [-0.2, 0) is 15.0 Å². The Kier molecular flexibility index (Phi) is 3.30. The fourth-order valence-electron chi connectivity index (χ4n) is 1.53. The predicted octanol–water partition coefficient (Wildman–Crippen LogP) is 0.486. The van der Waals surface area contributed by atoms with Crippen LogP contribution in [0.1, 0.15) is 6.42 Å². The van der Waals surface area contributed by atoms with Gasteiger partial charge in [-0.1, -0.05) is 0 Å². The van der Waals surface area contributed by atoms with Crippen molar-refractivity contribution in [3.8, 4) is 0 Å². The van der Waals surface area contributed by atoms with E-state index in [1.807, 2.05) is 22.6 Å². The number of carbonyl (C=O) groups excluding carboxylic acids is 1. The molecule has 1 aliphatic rings. The Morgan fingerprint density at radius 2 is 2.12 bits per heavy atom. The minimum Gasteiger partial charge on any atom is -0.294 e. The average molecular weight is 371 g/mol. The number of anilines is 1. The van der Waals surface area contributed by atoms with E-state index in [1.165, 1.54) is 12.4 Å². The van der Waals surface area contributed by atoms with Gasteiger partial charge in [0.1, 0.15) is 8.95 Å². The molecule has 1 aromatic heterocycles. The standard InChI is InChI=1S/C8H7FIN3O3S/c9-17(15,16)5-1-8(14)13(4-5)7-3-11-6(10)2-12-7/h2-3,5H,1,4H2. The van der Waals surface area contributed by atoms with Crippen molar-refractivity contribution in [3.63, 3.8) is 0 Å². The van der Waals surface area contributed by atoms with Gasteiger partial charge >= 0.3 is 10.2 Å². The van der Waals surface area contributed by atoms with Crippen molar-refractivity contribution >= 4 is 44.5 Å². The first-order valence-electron chi connectivity index (χ1n) is 4.59. The van der Waals surface area contributed by atoms with Crippen molar-refractivity contribution in [2.24, 2.45) is 0 Å². The molecule has 1 saturated heterocycles. The van der Waals surface area contributed by atoms with Gasteiger partial charge in [-0.2, -0.15) is 8.42 Å². The molecule has 2 rings (SSSR count). The molecular weight excluding hydrogens is 364 g/mol. The molecule has 0 spiro atoms. The minimum atomic E-state index is -4.70. The second-order valence-electron chi connectivity index (χ2n) is 3.50. The van der Waals surface area contributed by atoms with Gasteiger partial charge in [-0.15, -0.1) is 3.89 Å². The van der Waals surface area contributed by atoms with Crippen molar-refractivity contribution in [1.82, 2.24) is 9.97 Å². The van der Waals surface area contributed by atoms with Crippen molar-refractivity contribution in [2.45, 2.75) is 11.7 Å². The quantitative estimate of drug-likeness (QED) is 0.558. The largest absolute Gasteiger partial charge is 0.307 e. The second-order valence-corrected chi connectivity index (χ2v) is 6.23. The summed E-state index contributed by atoms with van der Waals surface area (Å²) >= 11 is 1.95. The zero-order chi connectivity index (χ0) is 12.6. The van der Waals surface area contributed by atoms with Crippen LogP contribution < -0.4 is 4.90 Å². The van der Waals surface area contributed by atoms with E-state index in [1.54, 1.807) is 0 Å². The van der Waals surface area contributed by atoms with Gasteiger partial charge in [-0.05, 0) is 22.6 Å². The van der Waals surface area contributed by atoms with Gasteiger partial charge in [-0.25, -0.2) is 9.97 Å². The summed E-state index contributed by atoms with van der Waals surface area (Å²) in [5, 5.41) is -1.31.